The van der Waals surface area contributed by atoms with Gasteiger partial charge in [0.1, 0.15) is 18.3 Å². The van der Waals surface area contributed by atoms with E-state index in [0.717, 1.165) is 36.3 Å². The Kier molecular flexibility index (Phi) is 4.99. The van der Waals surface area contributed by atoms with Gasteiger partial charge in [0.15, 0.2) is 0 Å². The average Bonchev–Trinajstić information content (AvgIpc) is 3.35. The van der Waals surface area contributed by atoms with Crippen LogP contribution in [0.4, 0.5) is 0 Å². The number of carbonyl (C=O) groups is 1. The zero-order valence-corrected chi connectivity index (χ0v) is 15.9. The summed E-state index contributed by atoms with van der Waals surface area (Å²) in [6.07, 6.45) is 7.80. The van der Waals surface area contributed by atoms with Crippen molar-refractivity contribution in [3.05, 3.63) is 70.7 Å². The topological polar surface area (TPSA) is 64.2 Å². The summed E-state index contributed by atoms with van der Waals surface area (Å²) < 4.78 is 7.65. The van der Waals surface area contributed by atoms with Crippen LogP contribution in [0.3, 0.4) is 0 Å². The summed E-state index contributed by atoms with van der Waals surface area (Å²) in [7, 11) is 0. The predicted molar refractivity (Wildman–Crippen MR) is 101 cm³/mol. The van der Waals surface area contributed by atoms with Gasteiger partial charge in [0.05, 0.1) is 12.4 Å². The summed E-state index contributed by atoms with van der Waals surface area (Å²) in [5.41, 5.74) is 2.11. The lowest BCUT2D eigenvalue weighted by Gasteiger charge is -2.22. The lowest BCUT2D eigenvalue weighted by atomic mass is 10.1. The zero-order valence-electron chi connectivity index (χ0n) is 15.1. The van der Waals surface area contributed by atoms with Crippen molar-refractivity contribution in [1.29, 1.82) is 0 Å². The first-order valence-electron chi connectivity index (χ1n) is 9.06. The Bertz CT molecular complexity index is 949. The van der Waals surface area contributed by atoms with Gasteiger partial charge in [0, 0.05) is 24.2 Å². The summed E-state index contributed by atoms with van der Waals surface area (Å²) in [5, 5.41) is 4.90. The molecule has 0 spiro atoms. The number of carbonyl (C=O) groups excluding carboxylic acids is 1. The number of aryl methyl sites for hydroxylation is 1. The lowest BCUT2D eigenvalue weighted by Crippen LogP contribution is -2.33. The largest absolute Gasteiger partial charge is 0.443 e. The molecule has 7 heteroatoms. The number of rotatable bonds is 5. The number of hydrogen-bond acceptors (Lipinski definition) is 4. The first-order chi connectivity index (χ1) is 13.1. The molecular weight excluding hydrogens is 364 g/mol. The smallest absolute Gasteiger partial charge is 0.244 e. The molecular formula is C20H21ClN4O2. The van der Waals surface area contributed by atoms with Crippen LogP contribution in [0.15, 0.2) is 47.3 Å². The van der Waals surface area contributed by atoms with E-state index in [4.69, 9.17) is 16.0 Å². The van der Waals surface area contributed by atoms with Crippen LogP contribution in [0.5, 0.6) is 0 Å². The third-order valence-electron chi connectivity index (χ3n) is 4.76. The highest BCUT2D eigenvalue weighted by Crippen LogP contribution is 2.32. The van der Waals surface area contributed by atoms with E-state index in [1.807, 2.05) is 42.3 Å². The van der Waals surface area contributed by atoms with Crippen LogP contribution in [0.25, 0.3) is 0 Å². The van der Waals surface area contributed by atoms with Crippen molar-refractivity contribution in [2.24, 2.45) is 0 Å². The molecule has 6 nitrogen and oxygen atoms in total. The van der Waals surface area contributed by atoms with Gasteiger partial charge in [-0.25, -0.2) is 4.98 Å². The molecule has 1 aliphatic rings. The van der Waals surface area contributed by atoms with E-state index < -0.39 is 0 Å². The molecule has 3 heterocycles. The van der Waals surface area contributed by atoms with E-state index in [2.05, 4.69) is 10.1 Å². The first kappa shape index (κ1) is 17.8. The van der Waals surface area contributed by atoms with Gasteiger partial charge in [-0.1, -0.05) is 23.7 Å². The maximum absolute atomic E-state index is 12.7. The molecule has 1 saturated heterocycles. The standard InChI is InChI=1S/C20H21ClN4O2/c1-14-10-23-24(12-14)13-19(26)25-7-3-6-18(25)20-22-11-17(27-20)9-15-4-2-5-16(21)8-15/h2,4-5,8,10-12,18H,3,6-7,9,13H2,1H3. The number of likely N-dealkylation sites (tertiary alicyclic amines) is 1. The summed E-state index contributed by atoms with van der Waals surface area (Å²) in [6, 6.07) is 7.58. The molecule has 0 radical (unpaired) electrons. The zero-order chi connectivity index (χ0) is 18.8. The second kappa shape index (κ2) is 7.56. The van der Waals surface area contributed by atoms with Gasteiger partial charge in [-0.15, -0.1) is 0 Å². The first-order valence-corrected chi connectivity index (χ1v) is 9.44. The maximum atomic E-state index is 12.7. The fraction of sp³-hybridized carbons (Fsp3) is 0.350. The molecule has 1 fully saturated rings. The van der Waals surface area contributed by atoms with Crippen molar-refractivity contribution in [3.63, 3.8) is 0 Å². The van der Waals surface area contributed by atoms with Gasteiger partial charge in [-0.05, 0) is 43.0 Å². The van der Waals surface area contributed by atoms with Crippen molar-refractivity contribution in [3.8, 4) is 0 Å². The summed E-state index contributed by atoms with van der Waals surface area (Å²) >= 11 is 6.04. The van der Waals surface area contributed by atoms with Crippen molar-refractivity contribution in [2.75, 3.05) is 6.54 Å². The third-order valence-corrected chi connectivity index (χ3v) is 4.99. The van der Waals surface area contributed by atoms with Crippen LogP contribution < -0.4 is 0 Å². The van der Waals surface area contributed by atoms with Gasteiger partial charge in [0.2, 0.25) is 11.8 Å². The number of hydrogen-bond donors (Lipinski definition) is 0. The van der Waals surface area contributed by atoms with Crippen LogP contribution in [-0.2, 0) is 17.8 Å². The van der Waals surface area contributed by atoms with Crippen molar-refractivity contribution >= 4 is 17.5 Å². The molecule has 1 unspecified atom stereocenters. The number of aromatic nitrogens is 3. The minimum Gasteiger partial charge on any atom is -0.443 e. The monoisotopic (exact) mass is 384 g/mol. The second-order valence-corrected chi connectivity index (χ2v) is 7.37. The van der Waals surface area contributed by atoms with Crippen LogP contribution in [0.2, 0.25) is 5.02 Å². The Morgan fingerprint density at radius 3 is 3.04 bits per heavy atom. The second-order valence-electron chi connectivity index (χ2n) is 6.93. The molecule has 0 saturated carbocycles. The molecule has 1 aromatic carbocycles. The van der Waals surface area contributed by atoms with Gasteiger partial charge in [-0.2, -0.15) is 5.10 Å². The quantitative estimate of drug-likeness (QED) is 0.671. The Morgan fingerprint density at radius 2 is 2.26 bits per heavy atom. The molecule has 140 valence electrons. The minimum atomic E-state index is -0.109. The van der Waals surface area contributed by atoms with Gasteiger partial charge in [0.25, 0.3) is 0 Å². The lowest BCUT2D eigenvalue weighted by molar-refractivity contribution is -0.133. The highest BCUT2D eigenvalue weighted by molar-refractivity contribution is 6.30. The molecule has 0 aliphatic carbocycles. The molecule has 1 atom stereocenters. The van der Waals surface area contributed by atoms with Crippen LogP contribution >= 0.6 is 11.6 Å². The Hall–Kier alpha value is -2.60. The summed E-state index contributed by atoms with van der Waals surface area (Å²) in [4.78, 5) is 19.0. The molecule has 2 aromatic heterocycles. The van der Waals surface area contributed by atoms with Crippen molar-refractivity contribution in [1.82, 2.24) is 19.7 Å². The van der Waals surface area contributed by atoms with Gasteiger partial charge < -0.3 is 9.32 Å². The van der Waals surface area contributed by atoms with Gasteiger partial charge >= 0.3 is 0 Å². The highest BCUT2D eigenvalue weighted by atomic mass is 35.5. The fourth-order valence-electron chi connectivity index (χ4n) is 3.51. The fourth-order valence-corrected chi connectivity index (χ4v) is 3.72. The number of oxazole rings is 1. The van der Waals surface area contributed by atoms with E-state index in [1.54, 1.807) is 17.1 Å². The number of benzene rings is 1. The predicted octanol–water partition coefficient (Wildman–Crippen LogP) is 3.79. The van der Waals surface area contributed by atoms with Gasteiger partial charge in [-0.3, -0.25) is 9.48 Å². The molecule has 1 amide bonds. The number of halogens is 1. The Labute approximate surface area is 162 Å². The normalized spacial score (nSPS) is 16.8. The number of amides is 1. The van der Waals surface area contributed by atoms with E-state index in [9.17, 15) is 4.79 Å². The van der Waals surface area contributed by atoms with Crippen LogP contribution in [0.1, 0.15) is 41.7 Å². The Balaban J connectivity index is 1.45. The molecule has 0 bridgehead atoms. The molecule has 27 heavy (non-hydrogen) atoms. The Morgan fingerprint density at radius 1 is 1.37 bits per heavy atom. The molecule has 0 N–H and O–H groups in total. The number of nitrogens with zero attached hydrogens (tertiary/aromatic N) is 4. The summed E-state index contributed by atoms with van der Waals surface area (Å²) in [6.45, 7) is 2.91. The average molecular weight is 385 g/mol. The minimum absolute atomic E-state index is 0.0372. The van der Waals surface area contributed by atoms with E-state index >= 15 is 0 Å². The highest BCUT2D eigenvalue weighted by Gasteiger charge is 2.33. The SMILES string of the molecule is Cc1cnn(CC(=O)N2CCCC2c2ncc(Cc3cccc(Cl)c3)o2)c1. The van der Waals surface area contributed by atoms with E-state index in [1.165, 1.54) is 0 Å². The van der Waals surface area contributed by atoms with E-state index in [-0.39, 0.29) is 18.5 Å². The molecule has 1 aliphatic heterocycles. The van der Waals surface area contributed by atoms with Crippen molar-refractivity contribution < 1.29 is 9.21 Å². The maximum Gasteiger partial charge on any atom is 0.244 e. The third kappa shape index (κ3) is 4.06. The molecule has 3 aromatic rings. The van der Waals surface area contributed by atoms with Crippen molar-refractivity contribution in [2.45, 2.75) is 38.8 Å². The van der Waals surface area contributed by atoms with Crippen LogP contribution in [0, 0.1) is 6.92 Å². The molecule has 4 rings (SSSR count). The van der Waals surface area contributed by atoms with Crippen LogP contribution in [-0.4, -0.2) is 32.1 Å². The summed E-state index contributed by atoms with van der Waals surface area (Å²) in [5.74, 6) is 1.42. The van der Waals surface area contributed by atoms with E-state index in [0.29, 0.717) is 17.3 Å².